The molecule has 3 aromatic carbocycles. The Bertz CT molecular complexity index is 1630. The fourth-order valence-corrected chi connectivity index (χ4v) is 6.31. The number of nitrogens with one attached hydrogen (secondary N) is 1. The first-order valence-corrected chi connectivity index (χ1v) is 14.4. The smallest absolute Gasteiger partial charge is 0.244 e. The summed E-state index contributed by atoms with van der Waals surface area (Å²) in [4.78, 5) is 28.5. The topological polar surface area (TPSA) is 67.2 Å². The largest absolute Gasteiger partial charge is 0.325 e. The van der Waals surface area contributed by atoms with Gasteiger partial charge < -0.3 is 5.32 Å². The molecule has 1 unspecified atom stereocenters. The molecule has 1 aliphatic rings. The van der Waals surface area contributed by atoms with Gasteiger partial charge in [0.1, 0.15) is 24.0 Å². The van der Waals surface area contributed by atoms with Gasteiger partial charge in [-0.05, 0) is 55.8 Å². The first-order chi connectivity index (χ1) is 19.4. The zero-order valence-electron chi connectivity index (χ0n) is 23.7. The van der Waals surface area contributed by atoms with Crippen molar-refractivity contribution in [2.75, 3.05) is 22.5 Å². The molecule has 1 aliphatic heterocycles. The number of nitrogens with zero attached hydrogens (tertiary/aromatic N) is 3. The van der Waals surface area contributed by atoms with E-state index < -0.39 is 22.4 Å². The van der Waals surface area contributed by atoms with Crippen molar-refractivity contribution in [1.82, 2.24) is 9.78 Å². The first-order valence-electron chi connectivity index (χ1n) is 13.4. The lowest BCUT2D eigenvalue weighted by molar-refractivity contribution is -0.120. The summed E-state index contributed by atoms with van der Waals surface area (Å²) in [6.07, 6.45) is 0. The van der Waals surface area contributed by atoms with Gasteiger partial charge in [-0.2, -0.15) is 5.10 Å². The highest BCUT2D eigenvalue weighted by Gasteiger charge is 2.40. The van der Waals surface area contributed by atoms with Gasteiger partial charge in [-0.15, -0.1) is 11.8 Å². The molecule has 0 fully saturated rings. The quantitative estimate of drug-likeness (QED) is 0.282. The maximum atomic E-state index is 15.3. The molecule has 0 saturated heterocycles. The summed E-state index contributed by atoms with van der Waals surface area (Å²) in [7, 11) is 0. The predicted molar refractivity (Wildman–Crippen MR) is 160 cm³/mol. The van der Waals surface area contributed by atoms with E-state index >= 15 is 4.39 Å². The Hall–Kier alpha value is -3.98. The molecular formula is C32H32F2N4O2S. The van der Waals surface area contributed by atoms with Crippen LogP contribution in [0.2, 0.25) is 0 Å². The summed E-state index contributed by atoms with van der Waals surface area (Å²) >= 11 is 1.33. The molecule has 6 nitrogen and oxygen atoms in total. The Balaban J connectivity index is 1.73. The highest BCUT2D eigenvalue weighted by molar-refractivity contribution is 8.00. The van der Waals surface area contributed by atoms with Crippen LogP contribution >= 0.6 is 11.8 Å². The average Bonchev–Trinajstić information content (AvgIpc) is 3.24. The average molecular weight is 575 g/mol. The van der Waals surface area contributed by atoms with Gasteiger partial charge in [0, 0.05) is 22.2 Å². The molecule has 1 atom stereocenters. The monoisotopic (exact) mass is 574 g/mol. The van der Waals surface area contributed by atoms with Crippen LogP contribution in [0.3, 0.4) is 0 Å². The Labute approximate surface area is 242 Å². The van der Waals surface area contributed by atoms with E-state index in [1.54, 1.807) is 22.9 Å². The van der Waals surface area contributed by atoms with E-state index in [4.69, 9.17) is 5.10 Å². The normalized spacial score (nSPS) is 15.4. The molecule has 9 heteroatoms. The number of thioether (sulfide) groups is 1. The van der Waals surface area contributed by atoms with Crippen molar-refractivity contribution in [2.45, 2.75) is 45.3 Å². The molecular weight excluding hydrogens is 542 g/mol. The number of aryl methyl sites for hydroxylation is 2. The van der Waals surface area contributed by atoms with Gasteiger partial charge in [0.25, 0.3) is 0 Å². The fourth-order valence-electron chi connectivity index (χ4n) is 5.09. The number of halogens is 2. The van der Waals surface area contributed by atoms with Gasteiger partial charge in [-0.3, -0.25) is 14.5 Å². The van der Waals surface area contributed by atoms with Crippen molar-refractivity contribution in [1.29, 1.82) is 0 Å². The van der Waals surface area contributed by atoms with Crippen molar-refractivity contribution in [3.05, 3.63) is 106 Å². The number of carbonyl (C=O) groups is 2. The molecule has 5 rings (SSSR count). The number of aromatic nitrogens is 2. The number of carbonyl (C=O) groups excluding carboxylic acids is 2. The van der Waals surface area contributed by atoms with Crippen molar-refractivity contribution in [3.8, 4) is 5.69 Å². The van der Waals surface area contributed by atoms with Crippen LogP contribution in [0, 0.1) is 25.5 Å². The van der Waals surface area contributed by atoms with Gasteiger partial charge in [0.05, 0.1) is 22.4 Å². The fraction of sp³-hybridized carbons (Fsp3) is 0.281. The number of anilines is 2. The van der Waals surface area contributed by atoms with E-state index in [9.17, 15) is 14.0 Å². The zero-order chi connectivity index (χ0) is 29.5. The molecule has 1 N–H and O–H groups in total. The minimum absolute atomic E-state index is 0.0357. The number of hydrogen-bond acceptors (Lipinski definition) is 4. The third kappa shape index (κ3) is 5.77. The SMILES string of the molecule is Cc1ccc(-n2nc(C(C)(C)C)c3c2N(CC(=O)Nc2ccc(F)cc2)C(=O)CSC3c2ccccc2F)c(C)c1. The maximum absolute atomic E-state index is 15.3. The van der Waals surface area contributed by atoms with Crippen LogP contribution < -0.4 is 10.2 Å². The van der Waals surface area contributed by atoms with Crippen molar-refractivity contribution >= 4 is 35.1 Å². The van der Waals surface area contributed by atoms with E-state index in [0.29, 0.717) is 28.3 Å². The number of hydrogen-bond donors (Lipinski definition) is 1. The maximum Gasteiger partial charge on any atom is 0.244 e. The van der Waals surface area contributed by atoms with Gasteiger partial charge in [-0.25, -0.2) is 13.5 Å². The van der Waals surface area contributed by atoms with Crippen LogP contribution in [0.4, 0.5) is 20.3 Å². The van der Waals surface area contributed by atoms with Crippen LogP contribution in [0.5, 0.6) is 0 Å². The minimum atomic E-state index is -0.533. The van der Waals surface area contributed by atoms with Gasteiger partial charge in [0.15, 0.2) is 0 Å². The summed E-state index contributed by atoms with van der Waals surface area (Å²) < 4.78 is 30.5. The Kier molecular flexibility index (Phi) is 7.74. The predicted octanol–water partition coefficient (Wildman–Crippen LogP) is 6.87. The molecule has 0 saturated carbocycles. The standard InChI is InChI=1S/C32H32F2N4O2S/c1-19-10-15-25(20(2)16-19)38-31-28(30(36-38)32(3,4)5)29(23-8-6-7-9-24(23)34)41-18-27(40)37(31)17-26(39)35-22-13-11-21(33)12-14-22/h6-16,29H,17-18H2,1-5H3,(H,35,39). The third-order valence-electron chi connectivity index (χ3n) is 7.00. The molecule has 0 radical (unpaired) electrons. The van der Waals surface area contributed by atoms with E-state index in [1.807, 2.05) is 52.8 Å². The lowest BCUT2D eigenvalue weighted by Crippen LogP contribution is -2.40. The molecule has 41 heavy (non-hydrogen) atoms. The van der Waals surface area contributed by atoms with Crippen LogP contribution in [-0.2, 0) is 15.0 Å². The number of benzene rings is 3. The Morgan fingerprint density at radius 1 is 1.05 bits per heavy atom. The zero-order valence-corrected chi connectivity index (χ0v) is 24.5. The minimum Gasteiger partial charge on any atom is -0.325 e. The van der Waals surface area contributed by atoms with Crippen molar-refractivity contribution in [3.63, 3.8) is 0 Å². The number of fused-ring (bicyclic) bond motifs is 1. The lowest BCUT2D eigenvalue weighted by atomic mass is 9.87. The second-order valence-corrected chi connectivity index (χ2v) is 12.4. The highest BCUT2D eigenvalue weighted by atomic mass is 32.2. The molecule has 212 valence electrons. The molecule has 2 heterocycles. The molecule has 0 aliphatic carbocycles. The Morgan fingerprint density at radius 2 is 1.76 bits per heavy atom. The van der Waals surface area contributed by atoms with Gasteiger partial charge in [0.2, 0.25) is 11.8 Å². The van der Waals surface area contributed by atoms with E-state index in [2.05, 4.69) is 5.32 Å². The van der Waals surface area contributed by atoms with Crippen molar-refractivity contribution < 1.29 is 18.4 Å². The summed E-state index contributed by atoms with van der Waals surface area (Å²) in [6, 6.07) is 18.0. The summed E-state index contributed by atoms with van der Waals surface area (Å²) in [5.74, 6) is -1.05. The van der Waals surface area contributed by atoms with Crippen LogP contribution in [0.15, 0.2) is 66.7 Å². The van der Waals surface area contributed by atoms with E-state index in [0.717, 1.165) is 16.8 Å². The lowest BCUT2D eigenvalue weighted by Gasteiger charge is -2.25. The van der Waals surface area contributed by atoms with Crippen LogP contribution in [-0.4, -0.2) is 33.9 Å². The number of amides is 2. The summed E-state index contributed by atoms with van der Waals surface area (Å²) in [5.41, 5.74) is 4.60. The van der Waals surface area contributed by atoms with E-state index in [1.165, 1.54) is 47.0 Å². The highest BCUT2D eigenvalue weighted by Crippen LogP contribution is 2.49. The van der Waals surface area contributed by atoms with E-state index in [-0.39, 0.29) is 24.0 Å². The Morgan fingerprint density at radius 3 is 2.41 bits per heavy atom. The van der Waals surface area contributed by atoms with Crippen LogP contribution in [0.25, 0.3) is 5.69 Å². The molecule has 1 aromatic heterocycles. The summed E-state index contributed by atoms with van der Waals surface area (Å²) in [6.45, 7) is 9.77. The molecule has 2 amide bonds. The second-order valence-electron chi connectivity index (χ2n) is 11.3. The van der Waals surface area contributed by atoms with Crippen molar-refractivity contribution in [2.24, 2.45) is 0 Å². The molecule has 0 spiro atoms. The second kappa shape index (κ2) is 11.1. The molecule has 0 bridgehead atoms. The van der Waals surface area contributed by atoms with Crippen LogP contribution in [0.1, 0.15) is 54.0 Å². The third-order valence-corrected chi connectivity index (χ3v) is 8.23. The summed E-state index contributed by atoms with van der Waals surface area (Å²) in [5, 5.41) is 7.30. The number of rotatable bonds is 5. The van der Waals surface area contributed by atoms with Gasteiger partial charge >= 0.3 is 0 Å². The molecule has 4 aromatic rings. The first kappa shape index (κ1) is 28.5. The van der Waals surface area contributed by atoms with Gasteiger partial charge in [-0.1, -0.05) is 56.7 Å².